The molecule has 0 saturated carbocycles. The molecule has 3 rings (SSSR count). The summed E-state index contributed by atoms with van der Waals surface area (Å²) in [6.45, 7) is 5.66. The molecule has 0 unspecified atom stereocenters. The molecule has 2 aromatic rings. The number of amides is 2. The van der Waals surface area contributed by atoms with Crippen molar-refractivity contribution in [2.24, 2.45) is 0 Å². The van der Waals surface area contributed by atoms with E-state index in [-0.39, 0.29) is 23.1 Å². The van der Waals surface area contributed by atoms with Crippen LogP contribution in [-0.4, -0.2) is 34.2 Å². The fraction of sp³-hybridized carbons (Fsp3) is 0.286. The summed E-state index contributed by atoms with van der Waals surface area (Å²) in [5.74, 6) is -2.40. The number of benzene rings is 2. The second-order valence-electron chi connectivity index (χ2n) is 7.76. The molecule has 0 radical (unpaired) electrons. The molecule has 1 heterocycles. The number of hydrogen-bond donors (Lipinski definition) is 0. The van der Waals surface area contributed by atoms with Gasteiger partial charge in [-0.05, 0) is 22.6 Å². The summed E-state index contributed by atoms with van der Waals surface area (Å²) in [4.78, 5) is 48.1. The Morgan fingerprint density at radius 1 is 1.07 bits per heavy atom. The predicted molar refractivity (Wildman–Crippen MR) is 103 cm³/mol. The van der Waals surface area contributed by atoms with Crippen molar-refractivity contribution in [2.75, 3.05) is 6.54 Å². The topological polar surface area (TPSA) is 107 Å². The molecule has 0 fully saturated rings. The van der Waals surface area contributed by atoms with Crippen molar-refractivity contribution in [1.82, 2.24) is 4.90 Å². The summed E-state index contributed by atoms with van der Waals surface area (Å²) in [5.41, 5.74) is 1.06. The number of nitrogens with zero attached hydrogens (tertiary/aromatic N) is 2. The lowest BCUT2D eigenvalue weighted by molar-refractivity contribution is -0.385. The lowest BCUT2D eigenvalue weighted by Gasteiger charge is -2.19. The number of carbonyl (C=O) groups excluding carboxylic acids is 3. The number of ether oxygens (including phenoxy) is 1. The Morgan fingerprint density at radius 3 is 2.31 bits per heavy atom. The average Bonchev–Trinajstić information content (AvgIpc) is 2.91. The zero-order valence-electron chi connectivity index (χ0n) is 16.3. The van der Waals surface area contributed by atoms with Crippen molar-refractivity contribution in [3.05, 3.63) is 74.8 Å². The number of carbonyl (C=O) groups is 3. The van der Waals surface area contributed by atoms with Crippen molar-refractivity contribution >= 4 is 23.5 Å². The highest BCUT2D eigenvalue weighted by Crippen LogP contribution is 2.30. The van der Waals surface area contributed by atoms with Crippen LogP contribution in [0.5, 0.6) is 0 Å². The number of rotatable bonds is 5. The van der Waals surface area contributed by atoms with Crippen LogP contribution < -0.4 is 0 Å². The Balaban J connectivity index is 1.66. The Bertz CT molecular complexity index is 1000. The summed E-state index contributed by atoms with van der Waals surface area (Å²) < 4.78 is 5.17. The van der Waals surface area contributed by atoms with Crippen LogP contribution in [0, 0.1) is 10.1 Å². The van der Waals surface area contributed by atoms with Gasteiger partial charge in [0.15, 0.2) is 0 Å². The smallest absolute Gasteiger partial charge is 0.326 e. The molecule has 0 spiro atoms. The third kappa shape index (κ3) is 4.01. The van der Waals surface area contributed by atoms with Crippen LogP contribution in [0.3, 0.4) is 0 Å². The molecular weight excluding hydrogens is 376 g/mol. The van der Waals surface area contributed by atoms with Gasteiger partial charge in [0.2, 0.25) is 0 Å². The molecule has 1 aliphatic rings. The van der Waals surface area contributed by atoms with Gasteiger partial charge in [-0.15, -0.1) is 0 Å². The summed E-state index contributed by atoms with van der Waals surface area (Å²) in [6, 6.07) is 11.4. The van der Waals surface area contributed by atoms with Crippen LogP contribution >= 0.6 is 0 Å². The lowest BCUT2D eigenvalue weighted by atomic mass is 9.87. The maximum atomic E-state index is 12.5. The van der Waals surface area contributed by atoms with E-state index in [0.717, 1.165) is 17.2 Å². The number of imide groups is 1. The molecule has 2 amide bonds. The maximum absolute atomic E-state index is 12.5. The highest BCUT2D eigenvalue weighted by molar-refractivity contribution is 6.24. The number of fused-ring (bicyclic) bond motifs is 1. The number of nitro benzene ring substituents is 1. The van der Waals surface area contributed by atoms with Gasteiger partial charge in [0.1, 0.15) is 18.7 Å². The van der Waals surface area contributed by atoms with E-state index in [0.29, 0.717) is 4.90 Å². The van der Waals surface area contributed by atoms with Gasteiger partial charge in [-0.2, -0.15) is 0 Å². The lowest BCUT2D eigenvalue weighted by Crippen LogP contribution is -2.35. The average molecular weight is 396 g/mol. The minimum atomic E-state index is -0.871. The molecule has 0 aromatic heterocycles. The molecule has 0 atom stereocenters. The van der Waals surface area contributed by atoms with Gasteiger partial charge in [0.25, 0.3) is 17.5 Å². The fourth-order valence-corrected chi connectivity index (χ4v) is 3.05. The summed E-state index contributed by atoms with van der Waals surface area (Å²) in [7, 11) is 0. The van der Waals surface area contributed by atoms with Crippen molar-refractivity contribution < 1.29 is 24.0 Å². The van der Waals surface area contributed by atoms with Crippen LogP contribution in [0.25, 0.3) is 0 Å². The molecule has 0 saturated heterocycles. The van der Waals surface area contributed by atoms with E-state index in [9.17, 15) is 24.5 Å². The predicted octanol–water partition coefficient (Wildman–Crippen LogP) is 3.23. The normalized spacial score (nSPS) is 13.4. The molecule has 0 N–H and O–H groups in total. The second-order valence-corrected chi connectivity index (χ2v) is 7.76. The first-order valence-electron chi connectivity index (χ1n) is 8.98. The molecule has 1 aliphatic heterocycles. The first-order valence-corrected chi connectivity index (χ1v) is 8.98. The summed E-state index contributed by atoms with van der Waals surface area (Å²) in [6.07, 6.45) is 0. The van der Waals surface area contributed by atoms with E-state index in [2.05, 4.69) is 20.8 Å². The van der Waals surface area contributed by atoms with E-state index >= 15 is 0 Å². The SMILES string of the molecule is CC(C)(C)c1ccc(COC(=O)CN2C(=O)c3cccc([N+](=O)[O-])c3C2=O)cc1. The van der Waals surface area contributed by atoms with Gasteiger partial charge >= 0.3 is 5.97 Å². The molecule has 150 valence electrons. The molecule has 2 aromatic carbocycles. The van der Waals surface area contributed by atoms with Crippen molar-refractivity contribution in [2.45, 2.75) is 32.8 Å². The monoisotopic (exact) mass is 396 g/mol. The van der Waals surface area contributed by atoms with Gasteiger partial charge in [-0.3, -0.25) is 29.4 Å². The largest absolute Gasteiger partial charge is 0.459 e. The number of nitro groups is 1. The third-order valence-corrected chi connectivity index (χ3v) is 4.68. The van der Waals surface area contributed by atoms with E-state index in [1.54, 1.807) is 0 Å². The summed E-state index contributed by atoms with van der Waals surface area (Å²) >= 11 is 0. The number of hydrogen-bond acceptors (Lipinski definition) is 6. The quantitative estimate of drug-likeness (QED) is 0.332. The highest BCUT2D eigenvalue weighted by atomic mass is 16.6. The van der Waals surface area contributed by atoms with E-state index in [4.69, 9.17) is 4.74 Å². The van der Waals surface area contributed by atoms with Gasteiger partial charge in [-0.1, -0.05) is 51.1 Å². The van der Waals surface area contributed by atoms with Gasteiger partial charge in [0, 0.05) is 6.07 Å². The van der Waals surface area contributed by atoms with Gasteiger partial charge in [-0.25, -0.2) is 0 Å². The van der Waals surface area contributed by atoms with Crippen molar-refractivity contribution in [1.29, 1.82) is 0 Å². The van der Waals surface area contributed by atoms with Crippen molar-refractivity contribution in [3.8, 4) is 0 Å². The standard InChI is InChI=1S/C21H20N2O6/c1-21(2,3)14-9-7-13(8-10-14)12-29-17(24)11-22-19(25)15-5-4-6-16(23(27)28)18(15)20(22)26/h4-10H,11-12H2,1-3H3. The van der Waals surface area contributed by atoms with E-state index < -0.39 is 34.9 Å². The van der Waals surface area contributed by atoms with Gasteiger partial charge in [0.05, 0.1) is 10.5 Å². The molecule has 0 aliphatic carbocycles. The molecule has 0 bridgehead atoms. The van der Waals surface area contributed by atoms with Crippen LogP contribution in [0.4, 0.5) is 5.69 Å². The Labute approximate surface area is 167 Å². The van der Waals surface area contributed by atoms with E-state index in [1.165, 1.54) is 12.1 Å². The third-order valence-electron chi connectivity index (χ3n) is 4.68. The zero-order chi connectivity index (χ0) is 21.3. The molecule has 29 heavy (non-hydrogen) atoms. The summed E-state index contributed by atoms with van der Waals surface area (Å²) in [5, 5.41) is 11.1. The van der Waals surface area contributed by atoms with Gasteiger partial charge < -0.3 is 4.74 Å². The molecular formula is C21H20N2O6. The Hall–Kier alpha value is -3.55. The molecule has 8 nitrogen and oxygen atoms in total. The van der Waals surface area contributed by atoms with Crippen molar-refractivity contribution in [3.63, 3.8) is 0 Å². The Kier molecular flexibility index (Phi) is 5.19. The van der Waals surface area contributed by atoms with E-state index in [1.807, 2.05) is 24.3 Å². The Morgan fingerprint density at radius 2 is 1.72 bits per heavy atom. The highest BCUT2D eigenvalue weighted by Gasteiger charge is 2.41. The minimum Gasteiger partial charge on any atom is -0.459 e. The second kappa shape index (κ2) is 7.46. The first-order chi connectivity index (χ1) is 13.6. The number of esters is 1. The van der Waals surface area contributed by atoms with Crippen LogP contribution in [0.15, 0.2) is 42.5 Å². The van der Waals surface area contributed by atoms with Crippen LogP contribution in [0.2, 0.25) is 0 Å². The molecule has 8 heteroatoms. The maximum Gasteiger partial charge on any atom is 0.326 e. The van der Waals surface area contributed by atoms with Crippen LogP contribution in [-0.2, 0) is 21.6 Å². The fourth-order valence-electron chi connectivity index (χ4n) is 3.05. The zero-order valence-corrected chi connectivity index (χ0v) is 16.3. The van der Waals surface area contributed by atoms with Crippen LogP contribution in [0.1, 0.15) is 52.6 Å². The minimum absolute atomic E-state index is 0.00327. The first kappa shape index (κ1) is 20.2.